The second-order valence-corrected chi connectivity index (χ2v) is 6.85. The highest BCUT2D eigenvalue weighted by Gasteiger charge is 2.16. The standard InChI is InChI=1S/C17H27N3S/c1-5-15(6-2)20-10-9-14(19-20)12-18-17(13(3)4)16-8-7-11-21-16/h7-11,13,15,17-18H,5-6,12H2,1-4H3. The Kier molecular flexibility index (Phi) is 6.00. The summed E-state index contributed by atoms with van der Waals surface area (Å²) in [6.07, 6.45) is 4.38. The summed E-state index contributed by atoms with van der Waals surface area (Å²) < 4.78 is 2.12. The quantitative estimate of drug-likeness (QED) is 0.759. The second kappa shape index (κ2) is 7.76. The lowest BCUT2D eigenvalue weighted by atomic mass is 10.0. The molecule has 1 atom stereocenters. The van der Waals surface area contributed by atoms with E-state index in [1.807, 2.05) is 11.3 Å². The molecule has 116 valence electrons. The van der Waals surface area contributed by atoms with Gasteiger partial charge in [-0.05, 0) is 36.3 Å². The fraction of sp³-hybridized carbons (Fsp3) is 0.588. The van der Waals surface area contributed by atoms with E-state index in [2.05, 4.69) is 67.5 Å². The second-order valence-electron chi connectivity index (χ2n) is 5.88. The van der Waals surface area contributed by atoms with Gasteiger partial charge in [0.15, 0.2) is 0 Å². The lowest BCUT2D eigenvalue weighted by Gasteiger charge is -2.20. The molecule has 0 aliphatic heterocycles. The maximum atomic E-state index is 4.72. The zero-order valence-corrected chi connectivity index (χ0v) is 14.4. The lowest BCUT2D eigenvalue weighted by Crippen LogP contribution is -2.25. The Hall–Kier alpha value is -1.13. The van der Waals surface area contributed by atoms with E-state index in [9.17, 15) is 0 Å². The Morgan fingerprint density at radius 3 is 2.57 bits per heavy atom. The first kappa shape index (κ1) is 16.2. The molecular formula is C17H27N3S. The van der Waals surface area contributed by atoms with Crippen LogP contribution in [0.2, 0.25) is 0 Å². The molecule has 3 nitrogen and oxygen atoms in total. The highest BCUT2D eigenvalue weighted by Crippen LogP contribution is 2.26. The average molecular weight is 305 g/mol. The summed E-state index contributed by atoms with van der Waals surface area (Å²) in [4.78, 5) is 1.41. The molecule has 1 unspecified atom stereocenters. The van der Waals surface area contributed by atoms with Crippen LogP contribution in [-0.2, 0) is 6.54 Å². The first-order valence-corrected chi connectivity index (χ1v) is 8.84. The van der Waals surface area contributed by atoms with Crippen LogP contribution >= 0.6 is 11.3 Å². The van der Waals surface area contributed by atoms with Crippen molar-refractivity contribution in [3.63, 3.8) is 0 Å². The van der Waals surface area contributed by atoms with Crippen LogP contribution in [0.5, 0.6) is 0 Å². The minimum Gasteiger partial charge on any atom is -0.303 e. The molecule has 2 aromatic heterocycles. The van der Waals surface area contributed by atoms with Crippen LogP contribution in [-0.4, -0.2) is 9.78 Å². The van der Waals surface area contributed by atoms with Gasteiger partial charge in [-0.15, -0.1) is 11.3 Å². The lowest BCUT2D eigenvalue weighted by molar-refractivity contribution is 0.402. The summed E-state index contributed by atoms with van der Waals surface area (Å²) in [6, 6.07) is 7.40. The minimum atomic E-state index is 0.406. The van der Waals surface area contributed by atoms with E-state index in [-0.39, 0.29) is 0 Å². The molecular weight excluding hydrogens is 278 g/mol. The van der Waals surface area contributed by atoms with Crippen LogP contribution in [0.15, 0.2) is 29.8 Å². The summed E-state index contributed by atoms with van der Waals surface area (Å²) in [5, 5.41) is 10.5. The van der Waals surface area contributed by atoms with Crippen molar-refractivity contribution in [1.82, 2.24) is 15.1 Å². The van der Waals surface area contributed by atoms with Crippen LogP contribution in [0.3, 0.4) is 0 Å². The van der Waals surface area contributed by atoms with Gasteiger partial charge in [0, 0.05) is 23.7 Å². The van der Waals surface area contributed by atoms with Crippen LogP contribution in [0, 0.1) is 5.92 Å². The average Bonchev–Trinajstić information content (AvgIpc) is 3.12. The van der Waals surface area contributed by atoms with E-state index >= 15 is 0 Å². The Balaban J connectivity index is 1.98. The largest absolute Gasteiger partial charge is 0.303 e. The summed E-state index contributed by atoms with van der Waals surface area (Å²) in [5.74, 6) is 0.574. The van der Waals surface area contributed by atoms with Crippen molar-refractivity contribution in [2.75, 3.05) is 0 Å². The van der Waals surface area contributed by atoms with Gasteiger partial charge in [-0.2, -0.15) is 5.10 Å². The summed E-state index contributed by atoms with van der Waals surface area (Å²) in [7, 11) is 0. The first-order valence-electron chi connectivity index (χ1n) is 7.96. The third kappa shape index (κ3) is 4.17. The van der Waals surface area contributed by atoms with Crippen LogP contribution < -0.4 is 5.32 Å². The SMILES string of the molecule is CCC(CC)n1ccc(CNC(c2cccs2)C(C)C)n1. The molecule has 0 bridgehead atoms. The van der Waals surface area contributed by atoms with Crippen LogP contribution in [0.1, 0.15) is 63.2 Å². The van der Waals surface area contributed by atoms with Gasteiger partial charge in [0.05, 0.1) is 11.7 Å². The Morgan fingerprint density at radius 2 is 2.00 bits per heavy atom. The van der Waals surface area contributed by atoms with E-state index < -0.39 is 0 Å². The minimum absolute atomic E-state index is 0.406. The first-order chi connectivity index (χ1) is 10.2. The number of nitrogens with zero attached hydrogens (tertiary/aromatic N) is 2. The molecule has 21 heavy (non-hydrogen) atoms. The number of hydrogen-bond donors (Lipinski definition) is 1. The van der Waals surface area contributed by atoms with Crippen LogP contribution in [0.25, 0.3) is 0 Å². The molecule has 2 heterocycles. The third-order valence-corrected chi connectivity index (χ3v) is 4.96. The maximum Gasteiger partial charge on any atom is 0.0762 e. The Labute approximate surface area is 132 Å². The molecule has 0 amide bonds. The Morgan fingerprint density at radius 1 is 1.24 bits per heavy atom. The van der Waals surface area contributed by atoms with E-state index in [1.54, 1.807) is 0 Å². The van der Waals surface area contributed by atoms with E-state index in [0.717, 1.165) is 25.1 Å². The highest BCUT2D eigenvalue weighted by atomic mass is 32.1. The normalized spacial score (nSPS) is 13.2. The van der Waals surface area contributed by atoms with Gasteiger partial charge in [0.25, 0.3) is 0 Å². The molecule has 0 aliphatic carbocycles. The van der Waals surface area contributed by atoms with Gasteiger partial charge in [0.2, 0.25) is 0 Å². The summed E-state index contributed by atoms with van der Waals surface area (Å²) in [6.45, 7) is 9.80. The fourth-order valence-corrected chi connectivity index (χ4v) is 3.66. The number of rotatable bonds is 8. The Bertz CT molecular complexity index is 512. The molecule has 0 aromatic carbocycles. The predicted molar refractivity (Wildman–Crippen MR) is 90.6 cm³/mol. The number of nitrogens with one attached hydrogen (secondary N) is 1. The van der Waals surface area contributed by atoms with Gasteiger partial charge in [-0.1, -0.05) is 33.8 Å². The molecule has 0 fully saturated rings. The monoisotopic (exact) mass is 305 g/mol. The van der Waals surface area contributed by atoms with Crippen molar-refractivity contribution in [1.29, 1.82) is 0 Å². The van der Waals surface area contributed by atoms with Crippen molar-refractivity contribution >= 4 is 11.3 Å². The van der Waals surface area contributed by atoms with Crippen molar-refractivity contribution in [2.24, 2.45) is 5.92 Å². The zero-order chi connectivity index (χ0) is 15.2. The van der Waals surface area contributed by atoms with Crippen LogP contribution in [0.4, 0.5) is 0 Å². The van der Waals surface area contributed by atoms with E-state index in [4.69, 9.17) is 5.10 Å². The zero-order valence-electron chi connectivity index (χ0n) is 13.5. The smallest absolute Gasteiger partial charge is 0.0762 e. The number of aromatic nitrogens is 2. The van der Waals surface area contributed by atoms with Crippen molar-refractivity contribution < 1.29 is 0 Å². The molecule has 0 radical (unpaired) electrons. The number of hydrogen-bond acceptors (Lipinski definition) is 3. The highest BCUT2D eigenvalue weighted by molar-refractivity contribution is 7.10. The van der Waals surface area contributed by atoms with E-state index in [0.29, 0.717) is 18.0 Å². The summed E-state index contributed by atoms with van der Waals surface area (Å²) in [5.41, 5.74) is 1.13. The van der Waals surface area contributed by atoms with Gasteiger partial charge in [-0.3, -0.25) is 4.68 Å². The van der Waals surface area contributed by atoms with Crippen molar-refractivity contribution in [2.45, 2.75) is 59.2 Å². The molecule has 1 N–H and O–H groups in total. The van der Waals surface area contributed by atoms with Gasteiger partial charge in [-0.25, -0.2) is 0 Å². The van der Waals surface area contributed by atoms with Gasteiger partial charge in [0.1, 0.15) is 0 Å². The summed E-state index contributed by atoms with van der Waals surface area (Å²) >= 11 is 1.82. The predicted octanol–water partition coefficient (Wildman–Crippen LogP) is 4.79. The molecule has 0 aliphatic rings. The maximum absolute atomic E-state index is 4.72. The van der Waals surface area contributed by atoms with E-state index in [1.165, 1.54) is 4.88 Å². The molecule has 4 heteroatoms. The number of thiophene rings is 1. The van der Waals surface area contributed by atoms with Crippen molar-refractivity contribution in [3.05, 3.63) is 40.3 Å². The molecule has 2 rings (SSSR count). The molecule has 0 saturated heterocycles. The van der Waals surface area contributed by atoms with Gasteiger partial charge < -0.3 is 5.32 Å². The molecule has 2 aromatic rings. The third-order valence-electron chi connectivity index (χ3n) is 4.00. The fourth-order valence-electron chi connectivity index (χ4n) is 2.69. The molecule has 0 spiro atoms. The molecule has 0 saturated carbocycles. The topological polar surface area (TPSA) is 29.9 Å². The van der Waals surface area contributed by atoms with Crippen molar-refractivity contribution in [3.8, 4) is 0 Å². The van der Waals surface area contributed by atoms with Gasteiger partial charge >= 0.3 is 0 Å².